The standard InChI is InChI=1S/C12H15ClO4S/c1-16-12-10(13)7-11(12)17-8-4-3-5-9(6-8)18(2,14)15/h3-6,10-12H,7H2,1-2H3. The van der Waals surface area contributed by atoms with Crippen LogP contribution in [0.5, 0.6) is 5.75 Å². The van der Waals surface area contributed by atoms with Gasteiger partial charge in [-0.05, 0) is 18.2 Å². The molecule has 1 aromatic carbocycles. The summed E-state index contributed by atoms with van der Waals surface area (Å²) in [6.45, 7) is 0. The minimum atomic E-state index is -3.22. The number of methoxy groups -OCH3 is 1. The Morgan fingerprint density at radius 3 is 2.67 bits per heavy atom. The van der Waals surface area contributed by atoms with Gasteiger partial charge in [0.1, 0.15) is 18.0 Å². The first kappa shape index (κ1) is 13.6. The second-order valence-corrected chi connectivity index (χ2v) is 6.93. The smallest absolute Gasteiger partial charge is 0.175 e. The maximum Gasteiger partial charge on any atom is 0.175 e. The van der Waals surface area contributed by atoms with E-state index >= 15 is 0 Å². The van der Waals surface area contributed by atoms with Crippen molar-refractivity contribution in [1.29, 1.82) is 0 Å². The van der Waals surface area contributed by atoms with Crippen LogP contribution in [0.15, 0.2) is 29.2 Å². The first-order valence-corrected chi connectivity index (χ1v) is 7.88. The molecule has 0 bridgehead atoms. The lowest BCUT2D eigenvalue weighted by Gasteiger charge is -2.39. The number of hydrogen-bond acceptors (Lipinski definition) is 4. The van der Waals surface area contributed by atoms with Crippen LogP contribution in [0.1, 0.15) is 6.42 Å². The minimum absolute atomic E-state index is 0.0434. The van der Waals surface area contributed by atoms with Gasteiger partial charge in [0, 0.05) is 19.8 Å². The molecule has 0 aromatic heterocycles. The fraction of sp³-hybridized carbons (Fsp3) is 0.500. The van der Waals surface area contributed by atoms with Crippen LogP contribution in [0.2, 0.25) is 0 Å². The molecule has 1 aliphatic rings. The van der Waals surface area contributed by atoms with Gasteiger partial charge in [-0.25, -0.2) is 8.42 Å². The predicted octanol–water partition coefficient (Wildman–Crippen LogP) is 1.86. The number of rotatable bonds is 4. The second kappa shape index (κ2) is 5.07. The Labute approximate surface area is 112 Å². The molecule has 3 atom stereocenters. The molecular weight excluding hydrogens is 276 g/mol. The van der Waals surface area contributed by atoms with E-state index in [1.165, 1.54) is 12.3 Å². The summed E-state index contributed by atoms with van der Waals surface area (Å²) in [7, 11) is -1.63. The lowest BCUT2D eigenvalue weighted by atomic mass is 9.91. The highest BCUT2D eigenvalue weighted by Gasteiger charge is 2.42. The zero-order chi connectivity index (χ0) is 13.3. The van der Waals surface area contributed by atoms with Gasteiger partial charge in [0.25, 0.3) is 0 Å². The van der Waals surface area contributed by atoms with E-state index < -0.39 is 9.84 Å². The van der Waals surface area contributed by atoms with Crippen molar-refractivity contribution in [3.8, 4) is 5.75 Å². The van der Waals surface area contributed by atoms with Crippen LogP contribution in [0.3, 0.4) is 0 Å². The highest BCUT2D eigenvalue weighted by Crippen LogP contribution is 2.33. The highest BCUT2D eigenvalue weighted by molar-refractivity contribution is 7.90. The summed E-state index contributed by atoms with van der Waals surface area (Å²) < 4.78 is 33.7. The van der Waals surface area contributed by atoms with E-state index in [9.17, 15) is 8.42 Å². The van der Waals surface area contributed by atoms with Crippen molar-refractivity contribution in [3.05, 3.63) is 24.3 Å². The largest absolute Gasteiger partial charge is 0.488 e. The van der Waals surface area contributed by atoms with Crippen LogP contribution in [0.4, 0.5) is 0 Å². The van der Waals surface area contributed by atoms with E-state index in [0.29, 0.717) is 12.2 Å². The molecule has 1 fully saturated rings. The van der Waals surface area contributed by atoms with Crippen molar-refractivity contribution in [2.45, 2.75) is 28.9 Å². The molecule has 0 saturated heterocycles. The molecule has 0 heterocycles. The maximum absolute atomic E-state index is 11.4. The van der Waals surface area contributed by atoms with Crippen LogP contribution in [0.25, 0.3) is 0 Å². The maximum atomic E-state index is 11.4. The Kier molecular flexibility index (Phi) is 3.84. The molecule has 2 rings (SSSR count). The van der Waals surface area contributed by atoms with Crippen molar-refractivity contribution in [3.63, 3.8) is 0 Å². The zero-order valence-corrected chi connectivity index (χ0v) is 11.7. The third kappa shape index (κ3) is 2.79. The van der Waals surface area contributed by atoms with Gasteiger partial charge in [0.15, 0.2) is 9.84 Å². The average Bonchev–Trinajstić information content (AvgIpc) is 2.28. The topological polar surface area (TPSA) is 52.6 Å². The summed E-state index contributed by atoms with van der Waals surface area (Å²) in [6.07, 6.45) is 1.60. The van der Waals surface area contributed by atoms with E-state index in [2.05, 4.69) is 0 Å². The molecule has 100 valence electrons. The average molecular weight is 291 g/mol. The molecule has 18 heavy (non-hydrogen) atoms. The zero-order valence-electron chi connectivity index (χ0n) is 10.2. The van der Waals surface area contributed by atoms with E-state index in [0.717, 1.165) is 0 Å². The molecule has 4 nitrogen and oxygen atoms in total. The van der Waals surface area contributed by atoms with Gasteiger partial charge in [-0.1, -0.05) is 6.07 Å². The Morgan fingerprint density at radius 1 is 1.39 bits per heavy atom. The Bertz CT molecular complexity index is 529. The normalized spacial score (nSPS) is 27.6. The first-order chi connectivity index (χ1) is 8.41. The van der Waals surface area contributed by atoms with E-state index in [1.807, 2.05) is 0 Å². The monoisotopic (exact) mass is 290 g/mol. The van der Waals surface area contributed by atoms with Crippen LogP contribution in [-0.4, -0.2) is 39.4 Å². The molecule has 0 radical (unpaired) electrons. The lowest BCUT2D eigenvalue weighted by molar-refractivity contribution is -0.0584. The highest BCUT2D eigenvalue weighted by atomic mass is 35.5. The van der Waals surface area contributed by atoms with Crippen molar-refractivity contribution in [2.75, 3.05) is 13.4 Å². The van der Waals surface area contributed by atoms with Crippen molar-refractivity contribution >= 4 is 21.4 Å². The number of benzene rings is 1. The van der Waals surface area contributed by atoms with Crippen LogP contribution < -0.4 is 4.74 Å². The van der Waals surface area contributed by atoms with Crippen LogP contribution in [0, 0.1) is 0 Å². The number of alkyl halides is 1. The molecule has 1 aromatic rings. The molecule has 1 aliphatic carbocycles. The van der Waals surface area contributed by atoms with E-state index in [4.69, 9.17) is 21.1 Å². The number of sulfone groups is 1. The quantitative estimate of drug-likeness (QED) is 0.794. The van der Waals surface area contributed by atoms with Gasteiger partial charge < -0.3 is 9.47 Å². The second-order valence-electron chi connectivity index (χ2n) is 4.36. The lowest BCUT2D eigenvalue weighted by Crippen LogP contribution is -2.52. The van der Waals surface area contributed by atoms with Crippen LogP contribution >= 0.6 is 11.6 Å². The summed E-state index contributed by atoms with van der Waals surface area (Å²) in [5, 5.41) is -0.0434. The van der Waals surface area contributed by atoms with Gasteiger partial charge in [0.2, 0.25) is 0 Å². The Balaban J connectivity index is 2.11. The van der Waals surface area contributed by atoms with Gasteiger partial charge in [-0.3, -0.25) is 0 Å². The van der Waals surface area contributed by atoms with Gasteiger partial charge in [-0.15, -0.1) is 11.6 Å². The molecule has 0 aliphatic heterocycles. The van der Waals surface area contributed by atoms with Crippen molar-refractivity contribution in [2.24, 2.45) is 0 Å². The summed E-state index contributed by atoms with van der Waals surface area (Å²) in [4.78, 5) is 0.246. The fourth-order valence-electron chi connectivity index (χ4n) is 1.89. The molecular formula is C12H15ClO4S. The van der Waals surface area contributed by atoms with Gasteiger partial charge >= 0.3 is 0 Å². The molecule has 3 unspecified atom stereocenters. The minimum Gasteiger partial charge on any atom is -0.488 e. The Morgan fingerprint density at radius 2 is 2.11 bits per heavy atom. The van der Waals surface area contributed by atoms with Crippen LogP contribution in [-0.2, 0) is 14.6 Å². The van der Waals surface area contributed by atoms with E-state index in [1.54, 1.807) is 25.3 Å². The third-order valence-electron chi connectivity index (χ3n) is 2.97. The Hall–Kier alpha value is -0.780. The molecule has 0 N–H and O–H groups in total. The summed E-state index contributed by atoms with van der Waals surface area (Å²) in [5.74, 6) is 0.522. The number of hydrogen-bond donors (Lipinski definition) is 0. The summed E-state index contributed by atoms with van der Waals surface area (Å²) >= 11 is 5.98. The fourth-order valence-corrected chi connectivity index (χ4v) is 2.99. The van der Waals surface area contributed by atoms with Crippen molar-refractivity contribution < 1.29 is 17.9 Å². The number of ether oxygens (including phenoxy) is 2. The van der Waals surface area contributed by atoms with Crippen molar-refractivity contribution in [1.82, 2.24) is 0 Å². The first-order valence-electron chi connectivity index (χ1n) is 5.55. The third-order valence-corrected chi connectivity index (χ3v) is 4.51. The van der Waals surface area contributed by atoms with E-state index in [-0.39, 0.29) is 22.5 Å². The summed E-state index contributed by atoms with van der Waals surface area (Å²) in [6, 6.07) is 6.44. The predicted molar refractivity (Wildman–Crippen MR) is 69.0 cm³/mol. The molecule has 0 spiro atoms. The number of halogens is 1. The van der Waals surface area contributed by atoms with Gasteiger partial charge in [-0.2, -0.15) is 0 Å². The summed E-state index contributed by atoms with van der Waals surface area (Å²) in [5.41, 5.74) is 0. The molecule has 0 amide bonds. The van der Waals surface area contributed by atoms with Gasteiger partial charge in [0.05, 0.1) is 10.3 Å². The SMILES string of the molecule is COC1C(Cl)CC1Oc1cccc(S(C)(=O)=O)c1. The molecule has 1 saturated carbocycles. The molecule has 6 heteroatoms.